The molecule has 3 heterocycles. The van der Waals surface area contributed by atoms with Crippen LogP contribution in [0.2, 0.25) is 0 Å². The molecule has 0 saturated carbocycles. The zero-order valence-corrected chi connectivity index (χ0v) is 21.9. The van der Waals surface area contributed by atoms with Crippen molar-refractivity contribution < 1.29 is 19.0 Å². The van der Waals surface area contributed by atoms with Gasteiger partial charge in [-0.25, -0.2) is 14.5 Å². The van der Waals surface area contributed by atoms with Gasteiger partial charge in [0.05, 0.1) is 43.0 Å². The minimum Gasteiger partial charge on any atom is -0.462 e. The fourth-order valence-corrected chi connectivity index (χ4v) is 4.55. The summed E-state index contributed by atoms with van der Waals surface area (Å²) in [7, 11) is 0. The van der Waals surface area contributed by atoms with E-state index >= 15 is 0 Å². The molecule has 0 radical (unpaired) electrons. The van der Waals surface area contributed by atoms with Gasteiger partial charge in [0, 0.05) is 26.2 Å². The average Bonchev–Trinajstić information content (AvgIpc) is 3.25. The Hall–Kier alpha value is -3.95. The van der Waals surface area contributed by atoms with Crippen LogP contribution in [0.5, 0.6) is 11.5 Å². The molecule has 0 atom stereocenters. The molecule has 198 valence electrons. The summed E-state index contributed by atoms with van der Waals surface area (Å²) in [5, 5.41) is 8.85. The van der Waals surface area contributed by atoms with Crippen LogP contribution in [0.1, 0.15) is 28.5 Å². The Kier molecular flexibility index (Phi) is 8.15. The fourth-order valence-electron chi connectivity index (χ4n) is 4.55. The van der Waals surface area contributed by atoms with E-state index in [1.807, 2.05) is 66.2 Å². The molecule has 1 fully saturated rings. The standard InChI is InChI=1S/C29H33N5O4/c1-3-37-29(35)25-19-26(30-13-14-33-15-17-36-18-16-33)31-28-27(25)21(2)32-34(28)20-22-9-11-24(12-10-22)38-23-7-5-4-6-8-23/h4-12,19H,3,13-18,20H2,1-2H3,(H,30,31). The van der Waals surface area contributed by atoms with Crippen LogP contribution in [0.15, 0.2) is 60.7 Å². The molecule has 1 aliphatic heterocycles. The number of carbonyl (C=O) groups is 1. The number of anilines is 1. The number of pyridine rings is 1. The molecule has 5 rings (SSSR count). The van der Waals surface area contributed by atoms with Crippen LogP contribution in [-0.4, -0.2) is 71.6 Å². The quantitative estimate of drug-likeness (QED) is 0.309. The highest BCUT2D eigenvalue weighted by Gasteiger charge is 2.21. The molecule has 0 unspecified atom stereocenters. The van der Waals surface area contributed by atoms with Gasteiger partial charge in [-0.2, -0.15) is 5.10 Å². The Balaban J connectivity index is 1.38. The van der Waals surface area contributed by atoms with Gasteiger partial charge < -0.3 is 19.5 Å². The zero-order chi connectivity index (χ0) is 26.3. The van der Waals surface area contributed by atoms with Crippen molar-refractivity contribution in [2.75, 3.05) is 51.3 Å². The van der Waals surface area contributed by atoms with Crippen LogP contribution in [0.3, 0.4) is 0 Å². The largest absolute Gasteiger partial charge is 0.462 e. The lowest BCUT2D eigenvalue weighted by Crippen LogP contribution is -2.39. The van der Waals surface area contributed by atoms with Crippen molar-refractivity contribution in [3.8, 4) is 11.5 Å². The number of rotatable bonds is 10. The first-order valence-electron chi connectivity index (χ1n) is 13.0. The second-order valence-electron chi connectivity index (χ2n) is 9.16. The smallest absolute Gasteiger partial charge is 0.339 e. The third-order valence-electron chi connectivity index (χ3n) is 6.45. The third kappa shape index (κ3) is 6.12. The van der Waals surface area contributed by atoms with Crippen LogP contribution in [0.4, 0.5) is 5.82 Å². The number of morpholine rings is 1. The van der Waals surface area contributed by atoms with Gasteiger partial charge in [-0.1, -0.05) is 30.3 Å². The number of ether oxygens (including phenoxy) is 3. The van der Waals surface area contributed by atoms with Gasteiger partial charge in [0.1, 0.15) is 17.3 Å². The summed E-state index contributed by atoms with van der Waals surface area (Å²) in [5.74, 6) is 1.80. The van der Waals surface area contributed by atoms with E-state index in [-0.39, 0.29) is 5.97 Å². The number of benzene rings is 2. The van der Waals surface area contributed by atoms with Crippen LogP contribution in [0, 0.1) is 6.92 Å². The van der Waals surface area contributed by atoms with Crippen LogP contribution >= 0.6 is 0 Å². The lowest BCUT2D eigenvalue weighted by Gasteiger charge is -2.26. The minimum absolute atomic E-state index is 0.299. The van der Waals surface area contributed by atoms with Gasteiger partial charge >= 0.3 is 5.97 Å². The number of hydrogen-bond acceptors (Lipinski definition) is 8. The van der Waals surface area contributed by atoms with Crippen LogP contribution < -0.4 is 10.1 Å². The minimum atomic E-state index is -0.374. The molecule has 0 aliphatic carbocycles. The van der Waals surface area contributed by atoms with Gasteiger partial charge in [0.25, 0.3) is 0 Å². The van der Waals surface area contributed by atoms with Gasteiger partial charge in [-0.15, -0.1) is 0 Å². The van der Waals surface area contributed by atoms with Crippen molar-refractivity contribution in [1.29, 1.82) is 0 Å². The normalized spacial score (nSPS) is 13.9. The number of aryl methyl sites for hydroxylation is 1. The average molecular weight is 516 g/mol. The van der Waals surface area contributed by atoms with Crippen molar-refractivity contribution >= 4 is 22.8 Å². The molecule has 1 aliphatic rings. The summed E-state index contributed by atoms with van der Waals surface area (Å²) < 4.78 is 18.6. The first-order valence-corrected chi connectivity index (χ1v) is 13.0. The van der Waals surface area contributed by atoms with E-state index in [1.165, 1.54) is 0 Å². The molecule has 2 aromatic heterocycles. The second-order valence-corrected chi connectivity index (χ2v) is 9.16. The number of hydrogen-bond donors (Lipinski definition) is 1. The summed E-state index contributed by atoms with van der Waals surface area (Å²) >= 11 is 0. The number of carbonyl (C=O) groups excluding carboxylic acids is 1. The highest BCUT2D eigenvalue weighted by atomic mass is 16.5. The molecule has 4 aromatic rings. The van der Waals surface area contributed by atoms with Crippen molar-refractivity contribution in [3.05, 3.63) is 77.5 Å². The number of aromatic nitrogens is 3. The van der Waals surface area contributed by atoms with Gasteiger partial charge in [0.2, 0.25) is 0 Å². The molecule has 38 heavy (non-hydrogen) atoms. The fraction of sp³-hybridized carbons (Fsp3) is 0.345. The van der Waals surface area contributed by atoms with E-state index in [0.717, 1.165) is 55.6 Å². The predicted octanol–water partition coefficient (Wildman–Crippen LogP) is 4.50. The van der Waals surface area contributed by atoms with E-state index in [9.17, 15) is 4.79 Å². The highest BCUT2D eigenvalue weighted by Crippen LogP contribution is 2.27. The summed E-state index contributed by atoms with van der Waals surface area (Å²) in [5.41, 5.74) is 2.90. The van der Waals surface area contributed by atoms with Crippen molar-refractivity contribution in [3.63, 3.8) is 0 Å². The number of fused-ring (bicyclic) bond motifs is 1. The van der Waals surface area contributed by atoms with E-state index in [0.29, 0.717) is 42.1 Å². The van der Waals surface area contributed by atoms with Crippen molar-refractivity contribution in [2.45, 2.75) is 20.4 Å². The van der Waals surface area contributed by atoms with E-state index in [2.05, 4.69) is 10.2 Å². The first kappa shape index (κ1) is 25.7. The summed E-state index contributed by atoms with van der Waals surface area (Å²) in [6.45, 7) is 9.43. The Bertz CT molecular complexity index is 1370. The van der Waals surface area contributed by atoms with Gasteiger partial charge in [-0.05, 0) is 49.7 Å². The summed E-state index contributed by atoms with van der Waals surface area (Å²) in [6, 6.07) is 19.4. The van der Waals surface area contributed by atoms with Crippen molar-refractivity contribution in [2.24, 2.45) is 0 Å². The lowest BCUT2D eigenvalue weighted by molar-refractivity contribution is 0.0398. The number of para-hydroxylation sites is 1. The summed E-state index contributed by atoms with van der Waals surface area (Å²) in [4.78, 5) is 20.1. The molecule has 0 amide bonds. The molecule has 2 aromatic carbocycles. The molecule has 0 spiro atoms. The zero-order valence-electron chi connectivity index (χ0n) is 21.9. The Morgan fingerprint density at radius 3 is 2.53 bits per heavy atom. The van der Waals surface area contributed by atoms with E-state index < -0.39 is 0 Å². The molecule has 1 saturated heterocycles. The summed E-state index contributed by atoms with van der Waals surface area (Å²) in [6.07, 6.45) is 0. The second kappa shape index (κ2) is 12.1. The molecular formula is C29H33N5O4. The Labute approximate surface area is 222 Å². The number of nitrogens with one attached hydrogen (secondary N) is 1. The Morgan fingerprint density at radius 1 is 1.05 bits per heavy atom. The number of nitrogens with zero attached hydrogens (tertiary/aromatic N) is 4. The van der Waals surface area contributed by atoms with Gasteiger partial charge in [0.15, 0.2) is 5.65 Å². The van der Waals surface area contributed by atoms with Crippen LogP contribution in [-0.2, 0) is 16.0 Å². The third-order valence-corrected chi connectivity index (χ3v) is 6.45. The Morgan fingerprint density at radius 2 is 1.79 bits per heavy atom. The topological polar surface area (TPSA) is 90.7 Å². The molecule has 9 nitrogen and oxygen atoms in total. The molecule has 9 heteroatoms. The molecule has 0 bridgehead atoms. The van der Waals surface area contributed by atoms with E-state index in [1.54, 1.807) is 13.0 Å². The number of esters is 1. The maximum Gasteiger partial charge on any atom is 0.339 e. The lowest BCUT2D eigenvalue weighted by atomic mass is 10.1. The maximum absolute atomic E-state index is 12.9. The monoisotopic (exact) mass is 515 g/mol. The highest BCUT2D eigenvalue weighted by molar-refractivity contribution is 6.04. The first-order chi connectivity index (χ1) is 18.6. The maximum atomic E-state index is 12.9. The molecule has 1 N–H and O–H groups in total. The van der Waals surface area contributed by atoms with Crippen LogP contribution in [0.25, 0.3) is 11.0 Å². The predicted molar refractivity (Wildman–Crippen MR) is 146 cm³/mol. The van der Waals surface area contributed by atoms with E-state index in [4.69, 9.17) is 24.3 Å². The SMILES string of the molecule is CCOC(=O)c1cc(NCCN2CCOCC2)nc2c1c(C)nn2Cc1ccc(Oc2ccccc2)cc1. The van der Waals surface area contributed by atoms with Gasteiger partial charge in [-0.3, -0.25) is 4.90 Å². The molecular weight excluding hydrogens is 482 g/mol. The van der Waals surface area contributed by atoms with Crippen molar-refractivity contribution in [1.82, 2.24) is 19.7 Å².